The maximum atomic E-state index is 6.57. The smallest absolute Gasteiger partial charge is 0.256 e. The second-order valence-electron chi connectivity index (χ2n) is 13.4. The zero-order valence-electron chi connectivity index (χ0n) is 24.9. The third kappa shape index (κ3) is 3.03. The van der Waals surface area contributed by atoms with Gasteiger partial charge in [-0.05, 0) is 82.0 Å². The van der Waals surface area contributed by atoms with Crippen molar-refractivity contribution in [3.8, 4) is 22.9 Å². The number of para-hydroxylation sites is 3. The largest absolute Gasteiger partial charge is 0.458 e. The Morgan fingerprint density at radius 2 is 1.25 bits per heavy atom. The summed E-state index contributed by atoms with van der Waals surface area (Å²) >= 11 is 0. The summed E-state index contributed by atoms with van der Waals surface area (Å²) in [5.74, 6) is 1.91. The molecule has 3 nitrogen and oxygen atoms in total. The third-order valence-corrected chi connectivity index (χ3v) is 9.94. The van der Waals surface area contributed by atoms with E-state index < -0.39 is 0 Å². The number of nitrogens with zero attached hydrogens (tertiary/aromatic N) is 2. The van der Waals surface area contributed by atoms with Crippen LogP contribution < -0.4 is 21.1 Å². The molecule has 2 aromatic heterocycles. The Hall–Kier alpha value is -5.22. The van der Waals surface area contributed by atoms with Crippen molar-refractivity contribution in [2.45, 2.75) is 26.2 Å². The zero-order chi connectivity index (χ0) is 29.3. The number of hydrogen-bond acceptors (Lipinski definition) is 1. The summed E-state index contributed by atoms with van der Waals surface area (Å²) < 4.78 is 11.5. The number of ether oxygens (including phenoxy) is 1. The SMILES string of the molecule is CC(C)(C)c1ccc(-n2c3ccccc3c3cc4c5ccc6c7c5n(c4cc32)-c2ccccc2B7c2ccccc2O6)cc1. The van der Waals surface area contributed by atoms with E-state index in [4.69, 9.17) is 4.74 Å². The predicted octanol–water partition coefficient (Wildman–Crippen LogP) is 8.11. The first-order valence-corrected chi connectivity index (χ1v) is 15.5. The lowest BCUT2D eigenvalue weighted by molar-refractivity contribution is 0.488. The fourth-order valence-electron chi connectivity index (χ4n) is 7.92. The molecule has 2 aliphatic heterocycles. The molecule has 8 aromatic rings. The summed E-state index contributed by atoms with van der Waals surface area (Å²) in [6, 6.07) is 44.7. The Morgan fingerprint density at radius 1 is 0.545 bits per heavy atom. The zero-order valence-corrected chi connectivity index (χ0v) is 24.9. The van der Waals surface area contributed by atoms with Gasteiger partial charge in [0.15, 0.2) is 0 Å². The Bertz CT molecular complexity index is 2510. The van der Waals surface area contributed by atoms with Gasteiger partial charge < -0.3 is 13.9 Å². The van der Waals surface area contributed by atoms with Crippen molar-refractivity contribution in [3.05, 3.63) is 127 Å². The van der Waals surface area contributed by atoms with Crippen LogP contribution in [0, 0.1) is 0 Å². The van der Waals surface area contributed by atoms with Crippen LogP contribution in [0.25, 0.3) is 55.0 Å². The summed E-state index contributed by atoms with van der Waals surface area (Å²) in [5.41, 5.74) is 12.6. The molecule has 0 unspecified atom stereocenters. The van der Waals surface area contributed by atoms with Crippen molar-refractivity contribution in [2.24, 2.45) is 0 Å². The molecule has 0 aliphatic carbocycles. The Kier molecular flexibility index (Phi) is 4.54. The molecule has 0 amide bonds. The van der Waals surface area contributed by atoms with Crippen LogP contribution >= 0.6 is 0 Å². The van der Waals surface area contributed by atoms with Crippen LogP contribution in [0.2, 0.25) is 0 Å². The van der Waals surface area contributed by atoms with Crippen molar-refractivity contribution in [1.82, 2.24) is 9.13 Å². The highest BCUT2D eigenvalue weighted by atomic mass is 16.5. The number of fused-ring (bicyclic) bond motifs is 11. The van der Waals surface area contributed by atoms with Gasteiger partial charge in [-0.25, -0.2) is 0 Å². The third-order valence-electron chi connectivity index (χ3n) is 9.94. The van der Waals surface area contributed by atoms with Crippen LogP contribution in [-0.4, -0.2) is 15.8 Å². The summed E-state index contributed by atoms with van der Waals surface area (Å²) in [6.45, 7) is 6.95. The lowest BCUT2D eigenvalue weighted by atomic mass is 9.34. The van der Waals surface area contributed by atoms with Crippen LogP contribution in [0.15, 0.2) is 121 Å². The van der Waals surface area contributed by atoms with E-state index in [1.54, 1.807) is 0 Å². The minimum Gasteiger partial charge on any atom is -0.458 e. The molecule has 4 heteroatoms. The average molecular weight is 564 g/mol. The topological polar surface area (TPSA) is 19.1 Å². The van der Waals surface area contributed by atoms with Crippen molar-refractivity contribution < 1.29 is 4.74 Å². The quantitative estimate of drug-likeness (QED) is 0.184. The molecule has 0 bridgehead atoms. The van der Waals surface area contributed by atoms with Crippen LogP contribution in [0.5, 0.6) is 11.5 Å². The van der Waals surface area contributed by atoms with Gasteiger partial charge in [0.05, 0.1) is 22.1 Å². The number of hydrogen-bond donors (Lipinski definition) is 0. The molecule has 208 valence electrons. The Balaban J connectivity index is 1.34. The minimum atomic E-state index is 0.106. The second-order valence-corrected chi connectivity index (χ2v) is 13.4. The van der Waals surface area contributed by atoms with E-state index in [1.165, 1.54) is 76.9 Å². The Morgan fingerprint density at radius 3 is 2.09 bits per heavy atom. The van der Waals surface area contributed by atoms with Crippen molar-refractivity contribution >= 4 is 66.7 Å². The highest BCUT2D eigenvalue weighted by molar-refractivity contribution is 6.99. The van der Waals surface area contributed by atoms with E-state index in [-0.39, 0.29) is 12.1 Å². The lowest BCUT2D eigenvalue weighted by Crippen LogP contribution is -2.58. The van der Waals surface area contributed by atoms with E-state index in [9.17, 15) is 0 Å². The minimum absolute atomic E-state index is 0.106. The van der Waals surface area contributed by atoms with Gasteiger partial charge in [-0.15, -0.1) is 0 Å². The normalized spacial score (nSPS) is 13.5. The molecule has 4 heterocycles. The van der Waals surface area contributed by atoms with Gasteiger partial charge in [0.2, 0.25) is 0 Å². The molecular formula is C40H29BN2O. The van der Waals surface area contributed by atoms with Crippen molar-refractivity contribution in [3.63, 3.8) is 0 Å². The summed E-state index contributed by atoms with van der Waals surface area (Å²) in [7, 11) is 0. The van der Waals surface area contributed by atoms with Gasteiger partial charge in [-0.2, -0.15) is 0 Å². The molecular weight excluding hydrogens is 535 g/mol. The van der Waals surface area contributed by atoms with Gasteiger partial charge in [0, 0.05) is 32.9 Å². The van der Waals surface area contributed by atoms with E-state index in [2.05, 4.69) is 151 Å². The van der Waals surface area contributed by atoms with E-state index in [0.717, 1.165) is 11.5 Å². The maximum Gasteiger partial charge on any atom is 0.256 e. The molecule has 0 spiro atoms. The molecule has 2 aliphatic rings. The fraction of sp³-hybridized carbons (Fsp3) is 0.100. The average Bonchev–Trinajstić information content (AvgIpc) is 3.55. The van der Waals surface area contributed by atoms with Crippen LogP contribution in [-0.2, 0) is 5.41 Å². The summed E-state index contributed by atoms with van der Waals surface area (Å²) in [4.78, 5) is 0. The molecule has 10 rings (SSSR count). The molecule has 0 saturated heterocycles. The first-order valence-electron chi connectivity index (χ1n) is 15.5. The van der Waals surface area contributed by atoms with Crippen LogP contribution in [0.3, 0.4) is 0 Å². The van der Waals surface area contributed by atoms with Gasteiger partial charge in [0.1, 0.15) is 11.5 Å². The molecule has 0 fully saturated rings. The maximum absolute atomic E-state index is 6.57. The van der Waals surface area contributed by atoms with E-state index in [1.807, 2.05) is 0 Å². The van der Waals surface area contributed by atoms with Gasteiger partial charge >= 0.3 is 0 Å². The van der Waals surface area contributed by atoms with Crippen molar-refractivity contribution in [2.75, 3.05) is 0 Å². The molecule has 0 saturated carbocycles. The first kappa shape index (κ1) is 24.3. The number of benzene rings is 6. The van der Waals surface area contributed by atoms with E-state index >= 15 is 0 Å². The van der Waals surface area contributed by atoms with Crippen LogP contribution in [0.1, 0.15) is 26.3 Å². The monoisotopic (exact) mass is 564 g/mol. The van der Waals surface area contributed by atoms with E-state index in [0.29, 0.717) is 0 Å². The predicted molar refractivity (Wildman–Crippen MR) is 185 cm³/mol. The highest BCUT2D eigenvalue weighted by Gasteiger charge is 2.40. The van der Waals surface area contributed by atoms with Gasteiger partial charge in [-0.3, -0.25) is 0 Å². The van der Waals surface area contributed by atoms with Crippen molar-refractivity contribution in [1.29, 1.82) is 0 Å². The summed E-state index contributed by atoms with van der Waals surface area (Å²) in [6.07, 6.45) is 0. The Labute approximate surface area is 256 Å². The molecule has 6 aromatic carbocycles. The fourth-order valence-corrected chi connectivity index (χ4v) is 7.92. The lowest BCUT2D eigenvalue weighted by Gasteiger charge is -2.32. The molecule has 44 heavy (non-hydrogen) atoms. The molecule has 0 N–H and O–H groups in total. The molecule has 0 radical (unpaired) electrons. The molecule has 0 atom stereocenters. The summed E-state index contributed by atoms with van der Waals surface area (Å²) in [5, 5.41) is 5.09. The first-order chi connectivity index (χ1) is 21.5. The highest BCUT2D eigenvalue weighted by Crippen LogP contribution is 2.42. The standard InChI is InChI=1S/C40H29BN2O/c1-40(2,3)24-16-18-25(19-17-24)42-32-13-7-4-10-26(32)28-22-29-27-20-21-37-38-39(27)43(35(29)23-34(28)42)33-14-8-5-11-30(33)41(38)31-12-6-9-15-36(31)44-37/h4-23H,1-3H3. The number of aromatic nitrogens is 2. The second kappa shape index (κ2) is 8.24. The van der Waals surface area contributed by atoms with Gasteiger partial charge in [-0.1, -0.05) is 87.5 Å². The van der Waals surface area contributed by atoms with Gasteiger partial charge in [0.25, 0.3) is 6.71 Å². The number of rotatable bonds is 1. The van der Waals surface area contributed by atoms with Crippen LogP contribution in [0.4, 0.5) is 0 Å².